The van der Waals surface area contributed by atoms with Crippen molar-refractivity contribution in [2.75, 3.05) is 5.73 Å². The van der Waals surface area contributed by atoms with E-state index in [0.717, 1.165) is 12.1 Å². The van der Waals surface area contributed by atoms with Gasteiger partial charge in [0.1, 0.15) is 11.6 Å². The number of nitrogens with one attached hydrogen (secondary N) is 1. The van der Waals surface area contributed by atoms with Gasteiger partial charge in [0.25, 0.3) is 0 Å². The molecule has 0 saturated heterocycles. The third-order valence-corrected chi connectivity index (χ3v) is 4.82. The van der Waals surface area contributed by atoms with Crippen molar-refractivity contribution in [1.82, 2.24) is 9.88 Å². The van der Waals surface area contributed by atoms with Crippen LogP contribution in [-0.4, -0.2) is 13.6 Å². The van der Waals surface area contributed by atoms with Crippen molar-refractivity contribution in [1.29, 1.82) is 0 Å². The SMILES string of the molecule is Cc1cc(CNS(=O)(=O)c2cc(N)c(F)cc2Br)no1. The Labute approximate surface area is 123 Å². The molecule has 0 fully saturated rings. The summed E-state index contributed by atoms with van der Waals surface area (Å²) >= 11 is 3.00. The van der Waals surface area contributed by atoms with E-state index in [1.807, 2.05) is 0 Å². The number of nitrogen functional groups attached to an aromatic ring is 1. The van der Waals surface area contributed by atoms with E-state index in [1.165, 1.54) is 0 Å². The van der Waals surface area contributed by atoms with Crippen LogP contribution in [0.5, 0.6) is 0 Å². The van der Waals surface area contributed by atoms with E-state index in [-0.39, 0.29) is 21.6 Å². The Bertz CT molecular complexity index is 745. The number of halogens is 2. The molecule has 0 aliphatic carbocycles. The minimum Gasteiger partial charge on any atom is -0.396 e. The molecule has 0 aliphatic heterocycles. The summed E-state index contributed by atoms with van der Waals surface area (Å²) in [5, 5.41) is 3.67. The molecular weight excluding hydrogens is 353 g/mol. The summed E-state index contributed by atoms with van der Waals surface area (Å²) in [6.07, 6.45) is 0. The molecule has 2 aromatic rings. The van der Waals surface area contributed by atoms with Crippen LogP contribution in [0, 0.1) is 12.7 Å². The first kappa shape index (κ1) is 14.9. The highest BCUT2D eigenvalue weighted by Crippen LogP contribution is 2.26. The Morgan fingerprint density at radius 3 is 2.75 bits per heavy atom. The molecule has 20 heavy (non-hydrogen) atoms. The lowest BCUT2D eigenvalue weighted by molar-refractivity contribution is 0.390. The topological polar surface area (TPSA) is 98.2 Å². The molecule has 0 saturated carbocycles. The third kappa shape index (κ3) is 3.17. The second-order valence-electron chi connectivity index (χ2n) is 4.06. The Morgan fingerprint density at radius 1 is 1.45 bits per heavy atom. The van der Waals surface area contributed by atoms with Crippen molar-refractivity contribution < 1.29 is 17.3 Å². The Morgan fingerprint density at radius 2 is 2.15 bits per heavy atom. The third-order valence-electron chi connectivity index (χ3n) is 2.46. The van der Waals surface area contributed by atoms with Crippen LogP contribution in [0.2, 0.25) is 0 Å². The maximum atomic E-state index is 13.2. The monoisotopic (exact) mass is 363 g/mol. The summed E-state index contributed by atoms with van der Waals surface area (Å²) in [7, 11) is -3.84. The zero-order chi connectivity index (χ0) is 14.9. The van der Waals surface area contributed by atoms with Gasteiger partial charge in [-0.25, -0.2) is 17.5 Å². The summed E-state index contributed by atoms with van der Waals surface area (Å²) in [5.74, 6) is -0.116. The molecule has 1 aromatic carbocycles. The normalized spacial score (nSPS) is 11.8. The molecule has 6 nitrogen and oxygen atoms in total. The largest absolute Gasteiger partial charge is 0.396 e. The average Bonchev–Trinajstić information content (AvgIpc) is 2.77. The zero-order valence-electron chi connectivity index (χ0n) is 10.4. The van der Waals surface area contributed by atoms with Crippen LogP contribution in [0.1, 0.15) is 11.5 Å². The van der Waals surface area contributed by atoms with Crippen molar-refractivity contribution in [3.8, 4) is 0 Å². The van der Waals surface area contributed by atoms with Gasteiger partial charge < -0.3 is 10.3 Å². The number of hydrogen-bond acceptors (Lipinski definition) is 5. The number of hydrogen-bond donors (Lipinski definition) is 2. The van der Waals surface area contributed by atoms with Crippen LogP contribution >= 0.6 is 15.9 Å². The lowest BCUT2D eigenvalue weighted by Gasteiger charge is -2.08. The van der Waals surface area contributed by atoms with E-state index in [4.69, 9.17) is 10.3 Å². The molecule has 0 amide bonds. The molecule has 0 bridgehead atoms. The number of nitrogens with zero attached hydrogens (tertiary/aromatic N) is 1. The van der Waals surface area contributed by atoms with E-state index in [2.05, 4.69) is 25.8 Å². The number of anilines is 1. The Hall–Kier alpha value is -1.45. The zero-order valence-corrected chi connectivity index (χ0v) is 12.8. The quantitative estimate of drug-likeness (QED) is 0.808. The lowest BCUT2D eigenvalue weighted by Crippen LogP contribution is -2.24. The van der Waals surface area contributed by atoms with Crippen molar-refractivity contribution >= 4 is 31.6 Å². The van der Waals surface area contributed by atoms with Gasteiger partial charge in [0.05, 0.1) is 22.8 Å². The van der Waals surface area contributed by atoms with Gasteiger partial charge in [0.2, 0.25) is 10.0 Å². The van der Waals surface area contributed by atoms with Gasteiger partial charge in [-0.1, -0.05) is 5.16 Å². The second kappa shape index (κ2) is 5.51. The fourth-order valence-corrected chi connectivity index (χ4v) is 3.54. The number of aromatic nitrogens is 1. The van der Waals surface area contributed by atoms with Gasteiger partial charge >= 0.3 is 0 Å². The van der Waals surface area contributed by atoms with E-state index < -0.39 is 15.8 Å². The van der Waals surface area contributed by atoms with E-state index >= 15 is 0 Å². The van der Waals surface area contributed by atoms with Crippen molar-refractivity contribution in [3.05, 3.63) is 39.9 Å². The molecule has 0 radical (unpaired) electrons. The van der Waals surface area contributed by atoms with Gasteiger partial charge in [0.15, 0.2) is 0 Å². The van der Waals surface area contributed by atoms with Crippen LogP contribution in [0.15, 0.2) is 32.1 Å². The van der Waals surface area contributed by atoms with E-state index in [1.54, 1.807) is 13.0 Å². The molecule has 108 valence electrons. The first-order valence-electron chi connectivity index (χ1n) is 5.46. The molecule has 0 spiro atoms. The molecule has 3 N–H and O–H groups in total. The smallest absolute Gasteiger partial charge is 0.242 e. The van der Waals surface area contributed by atoms with E-state index in [0.29, 0.717) is 11.5 Å². The summed E-state index contributed by atoms with van der Waals surface area (Å²) in [6, 6.07) is 3.66. The summed E-state index contributed by atoms with van der Waals surface area (Å²) in [4.78, 5) is -0.142. The maximum Gasteiger partial charge on any atom is 0.242 e. The van der Waals surface area contributed by atoms with Crippen LogP contribution < -0.4 is 10.5 Å². The molecule has 0 aliphatic rings. The fourth-order valence-electron chi connectivity index (χ4n) is 1.50. The first-order chi connectivity index (χ1) is 9.29. The van der Waals surface area contributed by atoms with Gasteiger partial charge in [-0.2, -0.15) is 0 Å². The summed E-state index contributed by atoms with van der Waals surface area (Å²) in [6.45, 7) is 1.66. The molecule has 1 heterocycles. The summed E-state index contributed by atoms with van der Waals surface area (Å²) in [5.41, 5.74) is 5.58. The Balaban J connectivity index is 2.24. The van der Waals surface area contributed by atoms with Gasteiger partial charge in [-0.15, -0.1) is 0 Å². The number of nitrogens with two attached hydrogens (primary N) is 1. The Kier molecular flexibility index (Phi) is 4.11. The number of benzene rings is 1. The van der Waals surface area contributed by atoms with Gasteiger partial charge in [0, 0.05) is 10.5 Å². The van der Waals surface area contributed by atoms with E-state index in [9.17, 15) is 12.8 Å². The van der Waals surface area contributed by atoms with Crippen LogP contribution in [-0.2, 0) is 16.6 Å². The number of aryl methyl sites for hydroxylation is 1. The summed E-state index contributed by atoms with van der Waals surface area (Å²) < 4.78 is 44.7. The molecule has 0 unspecified atom stereocenters. The van der Waals surface area contributed by atoms with Crippen LogP contribution in [0.4, 0.5) is 10.1 Å². The van der Waals surface area contributed by atoms with Crippen LogP contribution in [0.3, 0.4) is 0 Å². The van der Waals surface area contributed by atoms with Gasteiger partial charge in [-0.05, 0) is 35.0 Å². The molecule has 2 rings (SSSR count). The predicted molar refractivity (Wildman–Crippen MR) is 73.8 cm³/mol. The highest BCUT2D eigenvalue weighted by atomic mass is 79.9. The lowest BCUT2D eigenvalue weighted by atomic mass is 10.3. The number of sulfonamides is 1. The minimum atomic E-state index is -3.84. The van der Waals surface area contributed by atoms with Crippen LogP contribution in [0.25, 0.3) is 0 Å². The highest BCUT2D eigenvalue weighted by Gasteiger charge is 2.20. The minimum absolute atomic E-state index is 0.0383. The predicted octanol–water partition coefficient (Wildman–Crippen LogP) is 1.95. The number of rotatable bonds is 4. The van der Waals surface area contributed by atoms with Crippen molar-refractivity contribution in [2.45, 2.75) is 18.4 Å². The van der Waals surface area contributed by atoms with Crippen molar-refractivity contribution in [3.63, 3.8) is 0 Å². The fraction of sp³-hybridized carbons (Fsp3) is 0.182. The molecular formula is C11H11BrFN3O3S. The molecule has 9 heteroatoms. The molecule has 0 atom stereocenters. The highest BCUT2D eigenvalue weighted by molar-refractivity contribution is 9.10. The molecule has 1 aromatic heterocycles. The maximum absolute atomic E-state index is 13.2. The second-order valence-corrected chi connectivity index (χ2v) is 6.65. The standard InChI is InChI=1S/C11H11BrFN3O3S/c1-6-2-7(16-19-6)5-15-20(17,18)11-4-10(14)9(13)3-8(11)12/h2-4,15H,5,14H2,1H3. The first-order valence-corrected chi connectivity index (χ1v) is 7.73. The van der Waals surface area contributed by atoms with Gasteiger partial charge in [-0.3, -0.25) is 0 Å². The van der Waals surface area contributed by atoms with Crippen molar-refractivity contribution in [2.24, 2.45) is 0 Å². The average molecular weight is 364 g/mol.